The van der Waals surface area contributed by atoms with Gasteiger partial charge in [0.1, 0.15) is 17.3 Å². The number of aromatic nitrogens is 1. The van der Waals surface area contributed by atoms with Crippen molar-refractivity contribution < 1.29 is 24.9 Å². The first-order valence-electron chi connectivity index (χ1n) is 9.39. The van der Waals surface area contributed by atoms with Crippen LogP contribution in [0.25, 0.3) is 10.9 Å². The molecule has 0 aliphatic carbocycles. The molecule has 0 fully saturated rings. The maximum atomic E-state index is 10.9. The number of phenols is 1. The highest BCUT2D eigenvalue weighted by atomic mass is 16.4. The summed E-state index contributed by atoms with van der Waals surface area (Å²) in [7, 11) is 1.61. The number of aromatic hydroxyl groups is 1. The summed E-state index contributed by atoms with van der Waals surface area (Å²) in [6.45, 7) is 1.52. The fraction of sp³-hybridized carbons (Fsp3) is 0.273. The molecule has 0 unspecified atom stereocenters. The van der Waals surface area contributed by atoms with E-state index in [9.17, 15) is 9.59 Å². The topological polar surface area (TPSA) is 149 Å². The molecule has 8 heteroatoms. The lowest BCUT2D eigenvalue weighted by Gasteiger charge is -2.18. The Kier molecular flexibility index (Phi) is 7.57. The van der Waals surface area contributed by atoms with E-state index in [0.717, 1.165) is 22.0 Å². The third-order valence-electron chi connectivity index (χ3n) is 4.74. The minimum Gasteiger partial charge on any atom is -0.508 e. The summed E-state index contributed by atoms with van der Waals surface area (Å²) in [5, 5.41) is 30.5. The van der Waals surface area contributed by atoms with Gasteiger partial charge < -0.3 is 31.4 Å². The maximum Gasteiger partial charge on any atom is 0.323 e. The molecule has 7 N–H and O–H groups in total. The molecule has 0 saturated heterocycles. The first-order chi connectivity index (χ1) is 14.1. The van der Waals surface area contributed by atoms with Crippen molar-refractivity contribution in [1.29, 1.82) is 0 Å². The maximum absolute atomic E-state index is 10.9. The number of hydrogen-bond acceptors (Lipinski definition) is 5. The van der Waals surface area contributed by atoms with E-state index in [2.05, 4.69) is 10.3 Å². The van der Waals surface area contributed by atoms with Crippen LogP contribution in [-0.2, 0) is 22.4 Å². The average Bonchev–Trinajstić information content (AvgIpc) is 3.10. The Morgan fingerprint density at radius 3 is 2.33 bits per heavy atom. The van der Waals surface area contributed by atoms with E-state index in [1.807, 2.05) is 30.5 Å². The van der Waals surface area contributed by atoms with E-state index >= 15 is 0 Å². The normalized spacial score (nSPS) is 13.7. The molecular formula is C22H27N3O5. The second-order valence-corrected chi connectivity index (χ2v) is 7.31. The van der Waals surface area contributed by atoms with E-state index in [4.69, 9.17) is 21.1 Å². The van der Waals surface area contributed by atoms with Crippen molar-refractivity contribution in [2.24, 2.45) is 5.73 Å². The van der Waals surface area contributed by atoms with E-state index in [1.165, 1.54) is 6.92 Å². The van der Waals surface area contributed by atoms with Crippen molar-refractivity contribution in [3.05, 3.63) is 65.9 Å². The summed E-state index contributed by atoms with van der Waals surface area (Å²) in [5.74, 6) is -1.68. The van der Waals surface area contributed by atoms with Crippen LogP contribution in [0.2, 0.25) is 0 Å². The van der Waals surface area contributed by atoms with E-state index in [0.29, 0.717) is 12.8 Å². The van der Waals surface area contributed by atoms with Crippen LogP contribution in [0.5, 0.6) is 5.75 Å². The van der Waals surface area contributed by atoms with Crippen molar-refractivity contribution in [1.82, 2.24) is 10.3 Å². The number of nitrogens with two attached hydrogens (primary N) is 1. The predicted octanol–water partition coefficient (Wildman–Crippen LogP) is 2.12. The van der Waals surface area contributed by atoms with Crippen molar-refractivity contribution >= 4 is 22.8 Å². The molecule has 3 aromatic rings. The van der Waals surface area contributed by atoms with Crippen LogP contribution < -0.4 is 11.1 Å². The minimum absolute atomic E-state index is 0.185. The third kappa shape index (κ3) is 6.07. The van der Waals surface area contributed by atoms with Crippen LogP contribution in [0.15, 0.2) is 54.7 Å². The Labute approximate surface area is 174 Å². The molecule has 2 atom stereocenters. The smallest absolute Gasteiger partial charge is 0.323 e. The van der Waals surface area contributed by atoms with Gasteiger partial charge in [0, 0.05) is 23.5 Å². The number of carboxylic acid groups (broad SMARTS) is 2. The zero-order chi connectivity index (χ0) is 22.3. The Hall–Kier alpha value is -3.36. The van der Waals surface area contributed by atoms with Crippen LogP contribution in [0.4, 0.5) is 0 Å². The lowest BCUT2D eigenvalue weighted by atomic mass is 9.94. The van der Waals surface area contributed by atoms with E-state index < -0.39 is 23.5 Å². The van der Waals surface area contributed by atoms with Gasteiger partial charge in [-0.2, -0.15) is 0 Å². The number of nitrogens with one attached hydrogen (secondary N) is 2. The molecule has 0 amide bonds. The van der Waals surface area contributed by atoms with Crippen LogP contribution in [0.1, 0.15) is 18.1 Å². The van der Waals surface area contributed by atoms with Crippen LogP contribution in [0, 0.1) is 0 Å². The summed E-state index contributed by atoms with van der Waals surface area (Å²) >= 11 is 0. The summed E-state index contributed by atoms with van der Waals surface area (Å²) in [6.07, 6.45) is 2.54. The highest BCUT2D eigenvalue weighted by molar-refractivity contribution is 5.85. The quantitative estimate of drug-likeness (QED) is 0.347. The van der Waals surface area contributed by atoms with Gasteiger partial charge in [-0.1, -0.05) is 30.3 Å². The van der Waals surface area contributed by atoms with Crippen molar-refractivity contribution in [3.8, 4) is 5.75 Å². The molecule has 0 aliphatic heterocycles. The number of carbonyl (C=O) groups is 2. The monoisotopic (exact) mass is 413 g/mol. The molecule has 0 bridgehead atoms. The third-order valence-corrected chi connectivity index (χ3v) is 4.74. The number of fused-ring (bicyclic) bond motifs is 1. The number of H-pyrrole nitrogens is 1. The van der Waals surface area contributed by atoms with E-state index in [-0.39, 0.29) is 5.75 Å². The number of carboxylic acids is 2. The Balaban J connectivity index is 0.000000216. The number of aliphatic carboxylic acids is 2. The van der Waals surface area contributed by atoms with Gasteiger partial charge in [-0.15, -0.1) is 0 Å². The first-order valence-corrected chi connectivity index (χ1v) is 9.39. The van der Waals surface area contributed by atoms with Gasteiger partial charge in [-0.3, -0.25) is 9.59 Å². The highest BCUT2D eigenvalue weighted by Crippen LogP contribution is 2.21. The van der Waals surface area contributed by atoms with Gasteiger partial charge >= 0.3 is 11.9 Å². The van der Waals surface area contributed by atoms with Crippen LogP contribution in [0.3, 0.4) is 0 Å². The molecule has 0 radical (unpaired) electrons. The van der Waals surface area contributed by atoms with Crippen molar-refractivity contribution in [2.45, 2.75) is 31.3 Å². The molecule has 2 aromatic carbocycles. The van der Waals surface area contributed by atoms with Crippen LogP contribution in [-0.4, -0.2) is 50.9 Å². The molecule has 8 nitrogen and oxygen atoms in total. The second kappa shape index (κ2) is 9.91. The average molecular weight is 413 g/mol. The van der Waals surface area contributed by atoms with Gasteiger partial charge in [0.05, 0.1) is 0 Å². The fourth-order valence-electron chi connectivity index (χ4n) is 2.93. The van der Waals surface area contributed by atoms with Gasteiger partial charge in [0.15, 0.2) is 0 Å². The van der Waals surface area contributed by atoms with Gasteiger partial charge in [-0.25, -0.2) is 0 Å². The molecule has 0 saturated carbocycles. The molecule has 160 valence electrons. The zero-order valence-corrected chi connectivity index (χ0v) is 16.9. The second-order valence-electron chi connectivity index (χ2n) is 7.31. The molecule has 30 heavy (non-hydrogen) atoms. The van der Waals surface area contributed by atoms with Gasteiger partial charge in [-0.05, 0) is 49.7 Å². The highest BCUT2D eigenvalue weighted by Gasteiger charge is 2.29. The number of aromatic amines is 1. The lowest BCUT2D eigenvalue weighted by Crippen LogP contribution is -2.46. The lowest BCUT2D eigenvalue weighted by molar-refractivity contribution is -0.142. The standard InChI is InChI=1S/C12H14N2O2.C10H13NO3/c1-12(13,11(15)16)6-8-7-14-10-5-3-2-4-9(8)10;1-11-9(10(13)14)6-7-2-4-8(12)5-3-7/h2-5,7,14H,6,13H2,1H3,(H,15,16);2-5,9,11-12H,6H2,1H3,(H,13,14)/t12-;9-/m00/s1. The Morgan fingerprint density at radius 2 is 1.77 bits per heavy atom. The largest absolute Gasteiger partial charge is 0.508 e. The number of hydrogen-bond donors (Lipinski definition) is 6. The molecule has 0 spiro atoms. The molecule has 1 aromatic heterocycles. The fourth-order valence-corrected chi connectivity index (χ4v) is 2.93. The van der Waals surface area contributed by atoms with Crippen molar-refractivity contribution in [3.63, 3.8) is 0 Å². The molecular weight excluding hydrogens is 386 g/mol. The Bertz CT molecular complexity index is 995. The zero-order valence-electron chi connectivity index (χ0n) is 16.9. The van der Waals surface area contributed by atoms with Crippen molar-refractivity contribution in [2.75, 3.05) is 7.05 Å². The summed E-state index contributed by atoms with van der Waals surface area (Å²) in [5.41, 5.74) is 7.31. The molecule has 1 heterocycles. The molecule has 3 rings (SSSR count). The number of para-hydroxylation sites is 1. The number of benzene rings is 2. The number of rotatable bonds is 7. The predicted molar refractivity (Wildman–Crippen MR) is 115 cm³/mol. The van der Waals surface area contributed by atoms with Gasteiger partial charge in [0.25, 0.3) is 0 Å². The SMILES string of the molecule is CN[C@@H](Cc1ccc(O)cc1)C(=O)O.C[C@](N)(Cc1c[nH]c2ccccc12)C(=O)O. The van der Waals surface area contributed by atoms with E-state index in [1.54, 1.807) is 31.3 Å². The minimum atomic E-state index is -1.23. The number of likely N-dealkylation sites (N-methyl/N-ethyl adjacent to an activating group) is 1. The number of phenolic OH excluding ortho intramolecular Hbond substituents is 1. The summed E-state index contributed by atoms with van der Waals surface area (Å²) in [6, 6.07) is 13.7. The Morgan fingerprint density at radius 1 is 1.13 bits per heavy atom. The first kappa shape index (κ1) is 22.9. The molecule has 0 aliphatic rings. The summed E-state index contributed by atoms with van der Waals surface area (Å²) < 4.78 is 0. The van der Waals surface area contributed by atoms with Crippen LogP contribution >= 0.6 is 0 Å². The van der Waals surface area contributed by atoms with Gasteiger partial charge in [0.2, 0.25) is 0 Å². The summed E-state index contributed by atoms with van der Waals surface area (Å²) in [4.78, 5) is 24.7.